The lowest BCUT2D eigenvalue weighted by molar-refractivity contribution is -0.384. The van der Waals surface area contributed by atoms with E-state index in [4.69, 9.17) is 14.7 Å². The topological polar surface area (TPSA) is 85.4 Å². The Morgan fingerprint density at radius 2 is 2.21 bits per heavy atom. The molecule has 6 nitrogen and oxygen atoms in total. The molecular formula is C13H14N2O4. The molecule has 1 aliphatic carbocycles. The molecule has 0 spiro atoms. The predicted octanol–water partition coefficient (Wildman–Crippen LogP) is 2.68. The van der Waals surface area contributed by atoms with Crippen molar-refractivity contribution in [2.45, 2.75) is 19.3 Å². The summed E-state index contributed by atoms with van der Waals surface area (Å²) < 4.78 is 10.7. The van der Waals surface area contributed by atoms with Crippen LogP contribution in [-0.4, -0.2) is 18.6 Å². The maximum Gasteiger partial charge on any atom is 0.273 e. The smallest absolute Gasteiger partial charge is 0.273 e. The zero-order valence-electron chi connectivity index (χ0n) is 10.6. The Labute approximate surface area is 110 Å². The molecule has 1 aliphatic rings. The van der Waals surface area contributed by atoms with E-state index in [1.807, 2.05) is 0 Å². The molecule has 1 aromatic carbocycles. The molecule has 0 N–H and O–H groups in total. The molecule has 1 saturated carbocycles. The van der Waals surface area contributed by atoms with Crippen LogP contribution in [0.15, 0.2) is 18.2 Å². The van der Waals surface area contributed by atoms with E-state index in [2.05, 4.69) is 6.07 Å². The number of benzene rings is 1. The summed E-state index contributed by atoms with van der Waals surface area (Å²) in [7, 11) is 1.44. The highest BCUT2D eigenvalue weighted by Crippen LogP contribution is 2.49. The second kappa shape index (κ2) is 5.14. The molecule has 0 aromatic heterocycles. The van der Waals surface area contributed by atoms with Gasteiger partial charge in [0.2, 0.25) is 0 Å². The van der Waals surface area contributed by atoms with Crippen molar-refractivity contribution in [2.75, 3.05) is 13.7 Å². The van der Waals surface area contributed by atoms with E-state index in [1.165, 1.54) is 25.3 Å². The van der Waals surface area contributed by atoms with Crippen LogP contribution in [0.5, 0.6) is 11.5 Å². The summed E-state index contributed by atoms with van der Waals surface area (Å²) in [4.78, 5) is 10.2. The number of rotatable bonds is 6. The predicted molar refractivity (Wildman–Crippen MR) is 67.0 cm³/mol. The number of nitriles is 1. The van der Waals surface area contributed by atoms with Gasteiger partial charge in [-0.25, -0.2) is 0 Å². The van der Waals surface area contributed by atoms with Crippen molar-refractivity contribution >= 4 is 5.69 Å². The highest BCUT2D eigenvalue weighted by molar-refractivity contribution is 5.48. The Morgan fingerprint density at radius 3 is 2.74 bits per heavy atom. The standard InChI is InChI=1S/C13H14N2O4/c1-18-12-8-10(15(16)17)2-3-11(12)19-9-13(4-5-13)6-7-14/h2-3,8H,4-6,9H2,1H3. The maximum absolute atomic E-state index is 10.7. The molecule has 0 atom stereocenters. The fourth-order valence-electron chi connectivity index (χ4n) is 1.84. The van der Waals surface area contributed by atoms with Crippen LogP contribution in [0.4, 0.5) is 5.69 Å². The molecule has 0 radical (unpaired) electrons. The highest BCUT2D eigenvalue weighted by Gasteiger charge is 2.43. The van der Waals surface area contributed by atoms with Crippen LogP contribution in [0.3, 0.4) is 0 Å². The Bertz CT molecular complexity index is 532. The lowest BCUT2D eigenvalue weighted by Crippen LogP contribution is -2.12. The molecule has 2 rings (SSSR count). The molecule has 0 saturated heterocycles. The molecule has 0 aliphatic heterocycles. The largest absolute Gasteiger partial charge is 0.493 e. The van der Waals surface area contributed by atoms with Gasteiger partial charge in [0.25, 0.3) is 5.69 Å². The lowest BCUT2D eigenvalue weighted by Gasteiger charge is -2.14. The van der Waals surface area contributed by atoms with Crippen LogP contribution in [0, 0.1) is 26.9 Å². The van der Waals surface area contributed by atoms with Gasteiger partial charge in [0, 0.05) is 17.9 Å². The van der Waals surface area contributed by atoms with Crippen LogP contribution < -0.4 is 9.47 Å². The van der Waals surface area contributed by atoms with Gasteiger partial charge in [-0.1, -0.05) is 0 Å². The average molecular weight is 262 g/mol. The highest BCUT2D eigenvalue weighted by atomic mass is 16.6. The monoisotopic (exact) mass is 262 g/mol. The van der Waals surface area contributed by atoms with Gasteiger partial charge < -0.3 is 9.47 Å². The quantitative estimate of drug-likeness (QED) is 0.581. The van der Waals surface area contributed by atoms with Crippen LogP contribution in [0.25, 0.3) is 0 Å². The molecule has 1 fully saturated rings. The first-order valence-electron chi connectivity index (χ1n) is 5.92. The van der Waals surface area contributed by atoms with E-state index in [9.17, 15) is 10.1 Å². The van der Waals surface area contributed by atoms with Gasteiger partial charge in [-0.15, -0.1) is 0 Å². The Kier molecular flexibility index (Phi) is 3.56. The number of methoxy groups -OCH3 is 1. The molecule has 0 unspecified atom stereocenters. The fraction of sp³-hybridized carbons (Fsp3) is 0.462. The lowest BCUT2D eigenvalue weighted by atomic mass is 10.1. The van der Waals surface area contributed by atoms with E-state index in [0.29, 0.717) is 24.5 Å². The summed E-state index contributed by atoms with van der Waals surface area (Å²) in [5, 5.41) is 19.4. The van der Waals surface area contributed by atoms with Gasteiger partial charge in [-0.3, -0.25) is 10.1 Å². The molecular weight excluding hydrogens is 248 g/mol. The molecule has 0 heterocycles. The number of hydrogen-bond acceptors (Lipinski definition) is 5. The summed E-state index contributed by atoms with van der Waals surface area (Å²) in [6.07, 6.45) is 2.44. The Balaban J connectivity index is 2.08. The van der Waals surface area contributed by atoms with E-state index >= 15 is 0 Å². The van der Waals surface area contributed by atoms with E-state index in [0.717, 1.165) is 12.8 Å². The average Bonchev–Trinajstić information content (AvgIpc) is 3.16. The summed E-state index contributed by atoms with van der Waals surface area (Å²) >= 11 is 0. The molecule has 0 amide bonds. The van der Waals surface area contributed by atoms with Crippen molar-refractivity contribution in [2.24, 2.45) is 5.41 Å². The zero-order chi connectivity index (χ0) is 13.9. The molecule has 0 bridgehead atoms. The normalized spacial score (nSPS) is 15.4. The number of nitro benzene ring substituents is 1. The Morgan fingerprint density at radius 1 is 1.47 bits per heavy atom. The van der Waals surface area contributed by atoms with E-state index < -0.39 is 4.92 Å². The van der Waals surface area contributed by atoms with Gasteiger partial charge in [-0.05, 0) is 18.9 Å². The van der Waals surface area contributed by atoms with Crippen molar-refractivity contribution in [3.8, 4) is 17.6 Å². The zero-order valence-corrected chi connectivity index (χ0v) is 10.6. The molecule has 100 valence electrons. The fourth-order valence-corrected chi connectivity index (χ4v) is 1.84. The molecule has 1 aromatic rings. The van der Waals surface area contributed by atoms with Crippen LogP contribution in [0.2, 0.25) is 0 Å². The molecule has 19 heavy (non-hydrogen) atoms. The maximum atomic E-state index is 10.7. The third-order valence-electron chi connectivity index (χ3n) is 3.30. The second-order valence-electron chi connectivity index (χ2n) is 4.72. The number of nitro groups is 1. The first-order chi connectivity index (χ1) is 9.10. The Hall–Kier alpha value is -2.29. The van der Waals surface area contributed by atoms with E-state index in [1.54, 1.807) is 0 Å². The van der Waals surface area contributed by atoms with Crippen LogP contribution in [0.1, 0.15) is 19.3 Å². The number of ether oxygens (including phenoxy) is 2. The number of nitrogens with zero attached hydrogens (tertiary/aromatic N) is 2. The van der Waals surface area contributed by atoms with Crippen molar-refractivity contribution in [1.82, 2.24) is 0 Å². The summed E-state index contributed by atoms with van der Waals surface area (Å²) in [5.41, 5.74) is -0.0796. The van der Waals surface area contributed by atoms with Crippen molar-refractivity contribution < 1.29 is 14.4 Å². The number of non-ortho nitro benzene ring substituents is 1. The minimum Gasteiger partial charge on any atom is -0.493 e. The van der Waals surface area contributed by atoms with Crippen molar-refractivity contribution in [3.63, 3.8) is 0 Å². The van der Waals surface area contributed by atoms with Crippen LogP contribution >= 0.6 is 0 Å². The SMILES string of the molecule is COc1cc([N+](=O)[O-])ccc1OCC1(CC#N)CC1. The summed E-state index contributed by atoms with van der Waals surface area (Å²) in [6.45, 7) is 0.439. The minimum absolute atomic E-state index is 0.0395. The van der Waals surface area contributed by atoms with Gasteiger partial charge in [0.1, 0.15) is 0 Å². The summed E-state index contributed by atoms with van der Waals surface area (Å²) in [5.74, 6) is 0.805. The number of hydrogen-bond donors (Lipinski definition) is 0. The van der Waals surface area contributed by atoms with E-state index in [-0.39, 0.29) is 11.1 Å². The first-order valence-corrected chi connectivity index (χ1v) is 5.92. The second-order valence-corrected chi connectivity index (χ2v) is 4.72. The van der Waals surface area contributed by atoms with Gasteiger partial charge in [0.05, 0.1) is 30.8 Å². The van der Waals surface area contributed by atoms with Gasteiger partial charge in [-0.2, -0.15) is 5.26 Å². The van der Waals surface area contributed by atoms with Crippen molar-refractivity contribution in [1.29, 1.82) is 5.26 Å². The first kappa shape index (κ1) is 13.1. The van der Waals surface area contributed by atoms with Crippen LogP contribution in [-0.2, 0) is 0 Å². The molecule has 6 heteroatoms. The third kappa shape index (κ3) is 2.94. The summed E-state index contributed by atoms with van der Waals surface area (Å²) in [6, 6.07) is 6.40. The van der Waals surface area contributed by atoms with Gasteiger partial charge in [0.15, 0.2) is 11.5 Å². The van der Waals surface area contributed by atoms with Gasteiger partial charge >= 0.3 is 0 Å². The minimum atomic E-state index is -0.482. The third-order valence-corrected chi connectivity index (χ3v) is 3.30. The van der Waals surface area contributed by atoms with Crippen molar-refractivity contribution in [3.05, 3.63) is 28.3 Å².